The molecule has 11 heteroatoms. The number of nitrogens with two attached hydrogens (primary N) is 1. The van der Waals surface area contributed by atoms with E-state index in [-0.39, 0.29) is 35.9 Å². The Labute approximate surface area is 268 Å². The fraction of sp³-hybridized carbons (Fsp3) is 0.471. The molecule has 1 unspecified atom stereocenters. The van der Waals surface area contributed by atoms with Gasteiger partial charge in [-0.05, 0) is 77.2 Å². The van der Waals surface area contributed by atoms with Gasteiger partial charge in [-0.2, -0.15) is 0 Å². The fourth-order valence-electron chi connectivity index (χ4n) is 5.36. The number of rotatable bonds is 9. The smallest absolute Gasteiger partial charge is 0.414 e. The second-order valence-electron chi connectivity index (χ2n) is 12.1. The minimum atomic E-state index is -0.595. The highest BCUT2D eigenvalue weighted by atomic mass is 16.6. The molecular formula is C34H50N8O3. The van der Waals surface area contributed by atoms with Crippen LogP contribution in [0.2, 0.25) is 0 Å². The lowest BCUT2D eigenvalue weighted by molar-refractivity contribution is -0.108. The Bertz CT molecular complexity index is 1360. The largest absolute Gasteiger partial charge is 0.443 e. The van der Waals surface area contributed by atoms with Crippen molar-refractivity contribution in [3.63, 3.8) is 0 Å². The van der Waals surface area contributed by atoms with Crippen molar-refractivity contribution in [2.24, 2.45) is 10.7 Å². The number of aliphatic imine (C=N–C) groups is 1. The summed E-state index contributed by atoms with van der Waals surface area (Å²) >= 11 is 0. The Morgan fingerprint density at radius 1 is 1.09 bits per heavy atom. The van der Waals surface area contributed by atoms with Crippen LogP contribution >= 0.6 is 0 Å². The quantitative estimate of drug-likeness (QED) is 0.207. The number of amidine groups is 1. The van der Waals surface area contributed by atoms with Gasteiger partial charge in [0, 0.05) is 57.1 Å². The van der Waals surface area contributed by atoms with Crippen molar-refractivity contribution in [3.05, 3.63) is 65.9 Å². The molecule has 4 rings (SSSR count). The molecule has 45 heavy (non-hydrogen) atoms. The van der Waals surface area contributed by atoms with Gasteiger partial charge in [0.15, 0.2) is 0 Å². The Morgan fingerprint density at radius 3 is 2.36 bits per heavy atom. The standard InChI is InChI=1S/C32H44N8O3.C2H6/c1-32(2,3)43-31(42)40-15-14-28(25-8-6-7-9-29(25)40)38(5)21-26(33)27(35-22-41)20-30(34)36-23-10-12-24(13-11-23)39-18-16-37(4)17-19-39;1-2/h6-13,20,22,28,33H,14-19,21H2,1-5H3,(H2,34,36)(H,35,41);1-2H3/b27-20+,33-26?;. The van der Waals surface area contributed by atoms with Crippen LogP contribution in [0.25, 0.3) is 0 Å². The molecule has 2 aliphatic heterocycles. The first kappa shape index (κ1) is 35.3. The fourth-order valence-corrected chi connectivity index (χ4v) is 5.36. The second-order valence-corrected chi connectivity index (χ2v) is 12.1. The highest BCUT2D eigenvalue weighted by Crippen LogP contribution is 2.37. The molecule has 1 atom stereocenters. The first-order chi connectivity index (χ1) is 21.4. The number of fused-ring (bicyclic) bond motifs is 1. The molecule has 0 radical (unpaired) electrons. The number of benzene rings is 2. The average Bonchev–Trinajstić information content (AvgIpc) is 3.01. The predicted octanol–water partition coefficient (Wildman–Crippen LogP) is 4.92. The summed E-state index contributed by atoms with van der Waals surface area (Å²) in [4.78, 5) is 37.2. The van der Waals surface area contributed by atoms with Gasteiger partial charge < -0.3 is 31.0 Å². The highest BCUT2D eigenvalue weighted by molar-refractivity contribution is 6.07. The van der Waals surface area contributed by atoms with Crippen LogP contribution in [0, 0.1) is 5.41 Å². The Morgan fingerprint density at radius 2 is 1.73 bits per heavy atom. The number of amides is 2. The van der Waals surface area contributed by atoms with Crippen LogP contribution in [0.5, 0.6) is 0 Å². The molecule has 0 bridgehead atoms. The minimum Gasteiger partial charge on any atom is -0.443 e. The zero-order chi connectivity index (χ0) is 33.1. The minimum absolute atomic E-state index is 0.0439. The molecule has 11 nitrogen and oxygen atoms in total. The van der Waals surface area contributed by atoms with Crippen LogP contribution in [0.1, 0.15) is 52.6 Å². The van der Waals surface area contributed by atoms with Crippen LogP contribution in [0.15, 0.2) is 65.3 Å². The van der Waals surface area contributed by atoms with Crippen molar-refractivity contribution < 1.29 is 14.3 Å². The molecule has 2 heterocycles. The third-order valence-electron chi connectivity index (χ3n) is 7.57. The van der Waals surface area contributed by atoms with Crippen LogP contribution < -0.4 is 20.9 Å². The van der Waals surface area contributed by atoms with Crippen molar-refractivity contribution in [1.82, 2.24) is 15.1 Å². The van der Waals surface area contributed by atoms with E-state index in [1.54, 1.807) is 4.90 Å². The number of nitrogens with one attached hydrogen (secondary N) is 2. The Kier molecular flexibility index (Phi) is 12.7. The van der Waals surface area contributed by atoms with E-state index in [4.69, 9.17) is 15.9 Å². The lowest BCUT2D eigenvalue weighted by atomic mass is 9.95. The Balaban J connectivity index is 0.00000271. The monoisotopic (exact) mass is 618 g/mol. The molecule has 2 aromatic carbocycles. The van der Waals surface area contributed by atoms with E-state index in [2.05, 4.69) is 27.2 Å². The summed E-state index contributed by atoms with van der Waals surface area (Å²) in [5.41, 5.74) is 9.71. The van der Waals surface area contributed by atoms with Gasteiger partial charge >= 0.3 is 6.09 Å². The van der Waals surface area contributed by atoms with Crippen molar-refractivity contribution in [2.75, 3.05) is 63.2 Å². The maximum atomic E-state index is 12.9. The SMILES string of the molecule is CC.CN1CCN(c2ccc(N=C(N)/C=C(/NC=O)C(=N)CN(C)C3CCN(C(=O)OC(C)(C)C)c4ccccc43)cc2)CC1. The summed E-state index contributed by atoms with van der Waals surface area (Å²) < 4.78 is 5.63. The third kappa shape index (κ3) is 9.89. The number of carbonyl (C=O) groups is 2. The van der Waals surface area contributed by atoms with Crippen molar-refractivity contribution >= 4 is 41.1 Å². The predicted molar refractivity (Wildman–Crippen MR) is 184 cm³/mol. The summed E-state index contributed by atoms with van der Waals surface area (Å²) in [5.74, 6) is 0.181. The molecule has 2 aliphatic rings. The maximum Gasteiger partial charge on any atom is 0.414 e. The van der Waals surface area contributed by atoms with Crippen LogP contribution in [-0.2, 0) is 9.53 Å². The molecule has 1 saturated heterocycles. The number of para-hydroxylation sites is 1. The number of nitrogens with zero attached hydrogens (tertiary/aromatic N) is 5. The van der Waals surface area contributed by atoms with Gasteiger partial charge in [0.2, 0.25) is 6.41 Å². The van der Waals surface area contributed by atoms with Crippen molar-refractivity contribution in [3.8, 4) is 0 Å². The molecule has 4 N–H and O–H groups in total. The number of carbonyl (C=O) groups excluding carboxylic acids is 2. The molecular weight excluding hydrogens is 568 g/mol. The molecule has 0 aromatic heterocycles. The normalized spacial score (nSPS) is 17.6. The summed E-state index contributed by atoms with van der Waals surface area (Å²) in [6.45, 7) is 14.3. The molecule has 244 valence electrons. The molecule has 1 fully saturated rings. The first-order valence-corrected chi connectivity index (χ1v) is 15.6. The molecule has 2 amide bonds. The van der Waals surface area contributed by atoms with Gasteiger partial charge in [-0.1, -0.05) is 32.0 Å². The zero-order valence-electron chi connectivity index (χ0n) is 27.8. The average molecular weight is 619 g/mol. The lowest BCUT2D eigenvalue weighted by Crippen LogP contribution is -2.44. The number of hydrogen-bond acceptors (Lipinski definition) is 8. The summed E-state index contributed by atoms with van der Waals surface area (Å²) in [6.07, 6.45) is 2.33. The van der Waals surface area contributed by atoms with E-state index in [0.717, 1.165) is 43.1 Å². The van der Waals surface area contributed by atoms with Gasteiger partial charge in [0.1, 0.15) is 11.4 Å². The van der Waals surface area contributed by atoms with Crippen molar-refractivity contribution in [2.45, 2.75) is 52.7 Å². The molecule has 2 aromatic rings. The number of hydrogen-bond donors (Lipinski definition) is 3. The maximum absolute atomic E-state index is 12.9. The molecule has 0 spiro atoms. The highest BCUT2D eigenvalue weighted by Gasteiger charge is 2.33. The van der Waals surface area contributed by atoms with Gasteiger partial charge in [0.25, 0.3) is 0 Å². The summed E-state index contributed by atoms with van der Waals surface area (Å²) in [7, 11) is 4.06. The zero-order valence-corrected chi connectivity index (χ0v) is 27.8. The van der Waals surface area contributed by atoms with Gasteiger partial charge in [-0.25, -0.2) is 9.79 Å². The topological polar surface area (TPSA) is 131 Å². The van der Waals surface area contributed by atoms with Gasteiger partial charge in [0.05, 0.1) is 22.8 Å². The molecule has 0 aliphatic carbocycles. The second kappa shape index (κ2) is 16.2. The van der Waals surface area contributed by atoms with Crippen LogP contribution in [0.3, 0.4) is 0 Å². The van der Waals surface area contributed by atoms with Gasteiger partial charge in [-0.3, -0.25) is 14.6 Å². The van der Waals surface area contributed by atoms with Crippen LogP contribution in [-0.4, -0.2) is 92.8 Å². The number of ether oxygens (including phenoxy) is 1. The number of anilines is 2. The third-order valence-corrected chi connectivity index (χ3v) is 7.57. The summed E-state index contributed by atoms with van der Waals surface area (Å²) in [6, 6.07) is 15.6. The van der Waals surface area contributed by atoms with E-state index in [1.165, 1.54) is 6.08 Å². The van der Waals surface area contributed by atoms with E-state index in [0.29, 0.717) is 25.1 Å². The Hall–Kier alpha value is -4.22. The number of piperazine rings is 1. The van der Waals surface area contributed by atoms with Crippen molar-refractivity contribution in [1.29, 1.82) is 5.41 Å². The van der Waals surface area contributed by atoms with E-state index < -0.39 is 5.60 Å². The molecule has 0 saturated carbocycles. The first-order valence-electron chi connectivity index (χ1n) is 15.6. The van der Waals surface area contributed by atoms with Gasteiger partial charge in [-0.15, -0.1) is 0 Å². The van der Waals surface area contributed by atoms with Crippen LogP contribution in [0.4, 0.5) is 21.9 Å². The van der Waals surface area contributed by atoms with E-state index >= 15 is 0 Å². The van der Waals surface area contributed by atoms with E-state index in [9.17, 15) is 9.59 Å². The summed E-state index contributed by atoms with van der Waals surface area (Å²) in [5, 5.41) is 11.4. The lowest BCUT2D eigenvalue weighted by Gasteiger charge is -2.39. The number of likely N-dealkylation sites (N-methyl/N-ethyl adjacent to an activating group) is 1. The van der Waals surface area contributed by atoms with E-state index in [1.807, 2.05) is 95.1 Å².